The average Bonchev–Trinajstić information content (AvgIpc) is 2.27. The van der Waals surface area contributed by atoms with Gasteiger partial charge in [0.05, 0.1) is 6.61 Å². The number of carbonyl (C=O) groups is 1. The topological polar surface area (TPSA) is 75.4 Å². The Labute approximate surface area is 102 Å². The van der Waals surface area contributed by atoms with Gasteiger partial charge in [0.1, 0.15) is 6.04 Å². The summed E-state index contributed by atoms with van der Waals surface area (Å²) in [6.07, 6.45) is 0. The summed E-state index contributed by atoms with van der Waals surface area (Å²) in [5.74, 6) is -0.379. The van der Waals surface area contributed by atoms with E-state index in [2.05, 4.69) is 26.1 Å². The van der Waals surface area contributed by atoms with E-state index in [1.165, 1.54) is 5.56 Å². The van der Waals surface area contributed by atoms with Gasteiger partial charge in [-0.05, 0) is 23.1 Å². The molecule has 94 valence electrons. The van der Waals surface area contributed by atoms with Gasteiger partial charge in [0, 0.05) is 5.69 Å². The number of rotatable bonds is 3. The highest BCUT2D eigenvalue weighted by molar-refractivity contribution is 5.94. The standard InChI is InChI=1S/C13H20N2O2/c1-13(2,3)9-4-6-10(7-5-9)15-12(17)11(14)8-16/h4-7,11,16H,8,14H2,1-3H3,(H,15,17). The third-order valence-corrected chi connectivity index (χ3v) is 2.55. The molecule has 1 aromatic carbocycles. The van der Waals surface area contributed by atoms with Gasteiger partial charge in [-0.15, -0.1) is 0 Å². The van der Waals surface area contributed by atoms with Crippen molar-refractivity contribution in [2.45, 2.75) is 32.2 Å². The lowest BCUT2D eigenvalue weighted by atomic mass is 9.87. The summed E-state index contributed by atoms with van der Waals surface area (Å²) in [7, 11) is 0. The zero-order valence-electron chi connectivity index (χ0n) is 10.5. The van der Waals surface area contributed by atoms with Crippen LogP contribution in [0.2, 0.25) is 0 Å². The van der Waals surface area contributed by atoms with Crippen LogP contribution in [0.5, 0.6) is 0 Å². The van der Waals surface area contributed by atoms with Crippen molar-refractivity contribution in [3.63, 3.8) is 0 Å². The van der Waals surface area contributed by atoms with Crippen molar-refractivity contribution in [2.75, 3.05) is 11.9 Å². The molecule has 1 aromatic rings. The van der Waals surface area contributed by atoms with Crippen LogP contribution in [0.4, 0.5) is 5.69 Å². The monoisotopic (exact) mass is 236 g/mol. The van der Waals surface area contributed by atoms with Crippen molar-refractivity contribution >= 4 is 11.6 Å². The van der Waals surface area contributed by atoms with Gasteiger partial charge in [0.15, 0.2) is 0 Å². The third-order valence-electron chi connectivity index (χ3n) is 2.55. The Hall–Kier alpha value is -1.39. The number of hydrogen-bond acceptors (Lipinski definition) is 3. The molecule has 0 fully saturated rings. The molecule has 0 aliphatic carbocycles. The molecular formula is C13H20N2O2. The van der Waals surface area contributed by atoms with Crippen LogP contribution in [-0.2, 0) is 10.2 Å². The number of carbonyl (C=O) groups excluding carboxylic acids is 1. The van der Waals surface area contributed by atoms with Crippen LogP contribution in [-0.4, -0.2) is 23.7 Å². The van der Waals surface area contributed by atoms with Crippen molar-refractivity contribution in [3.8, 4) is 0 Å². The van der Waals surface area contributed by atoms with Gasteiger partial charge in [-0.2, -0.15) is 0 Å². The molecule has 0 aromatic heterocycles. The van der Waals surface area contributed by atoms with E-state index < -0.39 is 6.04 Å². The molecule has 4 nitrogen and oxygen atoms in total. The van der Waals surface area contributed by atoms with Crippen LogP contribution < -0.4 is 11.1 Å². The fourth-order valence-electron chi connectivity index (χ4n) is 1.37. The fourth-order valence-corrected chi connectivity index (χ4v) is 1.37. The minimum absolute atomic E-state index is 0.0873. The van der Waals surface area contributed by atoms with E-state index >= 15 is 0 Å². The quantitative estimate of drug-likeness (QED) is 0.739. The number of anilines is 1. The SMILES string of the molecule is CC(C)(C)c1ccc(NC(=O)C(N)CO)cc1. The van der Waals surface area contributed by atoms with Crippen LogP contribution in [0, 0.1) is 0 Å². The van der Waals surface area contributed by atoms with Gasteiger partial charge >= 0.3 is 0 Å². The van der Waals surface area contributed by atoms with E-state index in [0.717, 1.165) is 0 Å². The van der Waals surface area contributed by atoms with E-state index in [1.807, 2.05) is 24.3 Å². The Kier molecular flexibility index (Phi) is 4.26. The molecule has 1 amide bonds. The molecule has 1 atom stereocenters. The van der Waals surface area contributed by atoms with Crippen LogP contribution in [0.1, 0.15) is 26.3 Å². The Morgan fingerprint density at radius 1 is 1.35 bits per heavy atom. The highest BCUT2D eigenvalue weighted by atomic mass is 16.3. The van der Waals surface area contributed by atoms with Crippen LogP contribution in [0.15, 0.2) is 24.3 Å². The molecule has 4 N–H and O–H groups in total. The van der Waals surface area contributed by atoms with Gasteiger partial charge in [-0.25, -0.2) is 0 Å². The maximum Gasteiger partial charge on any atom is 0.243 e. The first-order valence-electron chi connectivity index (χ1n) is 5.62. The molecule has 1 rings (SSSR count). The smallest absolute Gasteiger partial charge is 0.243 e. The maximum absolute atomic E-state index is 11.4. The first-order valence-corrected chi connectivity index (χ1v) is 5.62. The fraction of sp³-hybridized carbons (Fsp3) is 0.462. The Morgan fingerprint density at radius 3 is 2.29 bits per heavy atom. The van der Waals surface area contributed by atoms with E-state index in [1.54, 1.807) is 0 Å². The van der Waals surface area contributed by atoms with Crippen molar-refractivity contribution < 1.29 is 9.90 Å². The van der Waals surface area contributed by atoms with Crippen molar-refractivity contribution in [2.24, 2.45) is 5.73 Å². The molecule has 0 saturated carbocycles. The average molecular weight is 236 g/mol. The summed E-state index contributed by atoms with van der Waals surface area (Å²) in [6.45, 7) is 6.03. The molecule has 0 saturated heterocycles. The van der Waals surface area contributed by atoms with Gasteiger partial charge in [0.2, 0.25) is 5.91 Å². The van der Waals surface area contributed by atoms with Crippen molar-refractivity contribution in [1.82, 2.24) is 0 Å². The zero-order valence-corrected chi connectivity index (χ0v) is 10.5. The summed E-state index contributed by atoms with van der Waals surface area (Å²) in [5, 5.41) is 11.4. The van der Waals surface area contributed by atoms with E-state index in [0.29, 0.717) is 5.69 Å². The molecule has 0 spiro atoms. The van der Waals surface area contributed by atoms with E-state index in [-0.39, 0.29) is 17.9 Å². The second-order valence-electron chi connectivity index (χ2n) is 5.11. The number of nitrogens with one attached hydrogen (secondary N) is 1. The molecule has 4 heteroatoms. The number of hydrogen-bond donors (Lipinski definition) is 3. The van der Waals surface area contributed by atoms with Crippen LogP contribution >= 0.6 is 0 Å². The van der Waals surface area contributed by atoms with Crippen LogP contribution in [0.3, 0.4) is 0 Å². The largest absolute Gasteiger partial charge is 0.394 e. The summed E-state index contributed by atoms with van der Waals surface area (Å²) in [4.78, 5) is 11.4. The highest BCUT2D eigenvalue weighted by Gasteiger charge is 2.14. The number of benzene rings is 1. The van der Waals surface area contributed by atoms with Crippen molar-refractivity contribution in [1.29, 1.82) is 0 Å². The molecule has 1 unspecified atom stereocenters. The van der Waals surface area contributed by atoms with Crippen LogP contribution in [0.25, 0.3) is 0 Å². The normalized spacial score (nSPS) is 13.2. The van der Waals surface area contributed by atoms with Crippen molar-refractivity contribution in [3.05, 3.63) is 29.8 Å². The minimum atomic E-state index is -0.878. The Bertz CT molecular complexity index is 379. The second kappa shape index (κ2) is 5.29. The number of nitrogens with two attached hydrogens (primary N) is 1. The lowest BCUT2D eigenvalue weighted by molar-refractivity contribution is -0.118. The summed E-state index contributed by atoms with van der Waals surface area (Å²) >= 11 is 0. The Morgan fingerprint density at radius 2 is 1.88 bits per heavy atom. The minimum Gasteiger partial charge on any atom is -0.394 e. The number of amides is 1. The summed E-state index contributed by atoms with van der Waals surface area (Å²) in [6, 6.07) is 6.74. The number of aliphatic hydroxyl groups is 1. The molecule has 0 aliphatic heterocycles. The first kappa shape index (κ1) is 13.7. The lowest BCUT2D eigenvalue weighted by Gasteiger charge is -2.19. The molecular weight excluding hydrogens is 216 g/mol. The summed E-state index contributed by atoms with van der Waals surface area (Å²) in [5.41, 5.74) is 7.37. The molecule has 0 radical (unpaired) electrons. The maximum atomic E-state index is 11.4. The molecule has 0 heterocycles. The first-order chi connectivity index (χ1) is 7.84. The Balaban J connectivity index is 2.73. The zero-order chi connectivity index (χ0) is 13.1. The predicted octanol–water partition coefficient (Wildman–Crippen LogP) is 1.24. The van der Waals surface area contributed by atoms with E-state index in [9.17, 15) is 4.79 Å². The van der Waals surface area contributed by atoms with Gasteiger partial charge in [0.25, 0.3) is 0 Å². The van der Waals surface area contributed by atoms with Gasteiger partial charge < -0.3 is 16.2 Å². The molecule has 17 heavy (non-hydrogen) atoms. The molecule has 0 bridgehead atoms. The lowest BCUT2D eigenvalue weighted by Crippen LogP contribution is -2.38. The predicted molar refractivity (Wildman–Crippen MR) is 68.8 cm³/mol. The number of aliphatic hydroxyl groups excluding tert-OH is 1. The summed E-state index contributed by atoms with van der Waals surface area (Å²) < 4.78 is 0. The molecule has 0 aliphatic rings. The van der Waals surface area contributed by atoms with Gasteiger partial charge in [-0.1, -0.05) is 32.9 Å². The second-order valence-corrected chi connectivity index (χ2v) is 5.11. The van der Waals surface area contributed by atoms with Gasteiger partial charge in [-0.3, -0.25) is 4.79 Å². The highest BCUT2D eigenvalue weighted by Crippen LogP contribution is 2.23. The van der Waals surface area contributed by atoms with E-state index in [4.69, 9.17) is 10.8 Å². The third kappa shape index (κ3) is 3.84.